The molecule has 0 aliphatic carbocycles. The smallest absolute Gasteiger partial charge is 0.302 e. The van der Waals surface area contributed by atoms with E-state index in [1.807, 2.05) is 0 Å². The van der Waals surface area contributed by atoms with Gasteiger partial charge in [-0.3, -0.25) is 10.2 Å². The van der Waals surface area contributed by atoms with Crippen LogP contribution in [0.3, 0.4) is 0 Å². The number of ether oxygens (including phenoxy) is 2. The van der Waals surface area contributed by atoms with E-state index in [9.17, 15) is 9.90 Å². The van der Waals surface area contributed by atoms with Crippen molar-refractivity contribution in [1.29, 1.82) is 5.41 Å². The van der Waals surface area contributed by atoms with Crippen LogP contribution in [0.5, 0.6) is 0 Å². The lowest BCUT2D eigenvalue weighted by atomic mass is 9.95. The van der Waals surface area contributed by atoms with Gasteiger partial charge in [-0.05, 0) is 19.1 Å². The van der Waals surface area contributed by atoms with Gasteiger partial charge in [0.15, 0.2) is 0 Å². The fourth-order valence-corrected chi connectivity index (χ4v) is 2.48. The Morgan fingerprint density at radius 2 is 2.45 bits per heavy atom. The molecule has 22 heavy (non-hydrogen) atoms. The van der Waals surface area contributed by atoms with Crippen molar-refractivity contribution in [2.75, 3.05) is 6.61 Å². The number of rotatable bonds is 5. The first-order valence-electron chi connectivity index (χ1n) is 6.88. The third-order valence-corrected chi connectivity index (χ3v) is 3.71. The maximum absolute atomic E-state index is 10.9. The van der Waals surface area contributed by atoms with E-state index in [-0.39, 0.29) is 24.5 Å². The van der Waals surface area contributed by atoms with E-state index in [4.69, 9.17) is 20.6 Å². The number of aliphatic imine (C=N–C) groups is 1. The number of nitrogens with zero attached hydrogens (tertiary/aromatic N) is 1. The molecule has 0 aromatic carbocycles. The second-order valence-electron chi connectivity index (χ2n) is 5.33. The van der Waals surface area contributed by atoms with E-state index >= 15 is 0 Å². The minimum Gasteiger partial charge on any atom is -0.463 e. The van der Waals surface area contributed by atoms with Crippen LogP contribution in [0.1, 0.15) is 31.7 Å². The summed E-state index contributed by atoms with van der Waals surface area (Å²) in [5.74, 6) is -0.210. The Labute approximate surface area is 127 Å². The Morgan fingerprint density at radius 3 is 3.09 bits per heavy atom. The van der Waals surface area contributed by atoms with Gasteiger partial charge in [-0.25, -0.2) is 4.99 Å². The summed E-state index contributed by atoms with van der Waals surface area (Å²) >= 11 is 0. The van der Waals surface area contributed by atoms with Crippen molar-refractivity contribution in [3.63, 3.8) is 0 Å². The summed E-state index contributed by atoms with van der Waals surface area (Å²) in [5, 5.41) is 17.2. The van der Waals surface area contributed by atoms with Crippen LogP contribution in [-0.4, -0.2) is 47.0 Å². The van der Waals surface area contributed by atoms with Crippen molar-refractivity contribution in [2.45, 2.75) is 38.1 Å². The number of amidine groups is 1. The zero-order chi connectivity index (χ0) is 16.3. The van der Waals surface area contributed by atoms with Crippen molar-refractivity contribution in [2.24, 2.45) is 10.7 Å². The van der Waals surface area contributed by atoms with Crippen molar-refractivity contribution in [3.8, 4) is 0 Å². The summed E-state index contributed by atoms with van der Waals surface area (Å²) in [7, 11) is 0. The van der Waals surface area contributed by atoms with Gasteiger partial charge in [-0.2, -0.15) is 0 Å². The van der Waals surface area contributed by atoms with Crippen LogP contribution in [0.15, 0.2) is 17.1 Å². The molecule has 1 aromatic heterocycles. The molecule has 8 heteroatoms. The molecule has 120 valence electrons. The number of nitrogens with one attached hydrogen (secondary N) is 2. The van der Waals surface area contributed by atoms with Gasteiger partial charge in [0.2, 0.25) is 0 Å². The number of hydrogen-bond acceptors (Lipinski definition) is 5. The molecule has 5 N–H and O–H groups in total. The number of aromatic nitrogens is 1. The average Bonchev–Trinajstić information content (AvgIpc) is 3.04. The highest BCUT2D eigenvalue weighted by molar-refractivity contribution is 5.99. The molecule has 8 nitrogen and oxygen atoms in total. The standard InChI is InChI=1S/C14H20N4O4/c1-8(19)21-6-9-5-12(20)14(2,22-9)11-4-3-10(18-11)13(16)17-7-15/h3-4,7,9,12,18,20H,5-6H2,1-2H3,(H3,15,16,17)/t9-,12+,14-/m0/s1. The van der Waals surface area contributed by atoms with Crippen molar-refractivity contribution in [3.05, 3.63) is 23.5 Å². The first-order chi connectivity index (χ1) is 10.4. The average molecular weight is 308 g/mol. The highest BCUT2D eigenvalue weighted by Crippen LogP contribution is 2.38. The molecular formula is C14H20N4O4. The number of esters is 1. The molecule has 0 saturated carbocycles. The monoisotopic (exact) mass is 308 g/mol. The van der Waals surface area contributed by atoms with Gasteiger partial charge in [0.05, 0.1) is 23.6 Å². The van der Waals surface area contributed by atoms with Crippen LogP contribution in [-0.2, 0) is 19.9 Å². The van der Waals surface area contributed by atoms with Crippen molar-refractivity contribution < 1.29 is 19.4 Å². The Balaban J connectivity index is 2.15. The van der Waals surface area contributed by atoms with Crippen molar-refractivity contribution in [1.82, 2.24) is 4.98 Å². The molecule has 1 aromatic rings. The molecule has 1 aliphatic rings. The van der Waals surface area contributed by atoms with Crippen LogP contribution < -0.4 is 5.73 Å². The van der Waals surface area contributed by atoms with Gasteiger partial charge in [-0.1, -0.05) is 0 Å². The lowest BCUT2D eigenvalue weighted by Gasteiger charge is -2.26. The van der Waals surface area contributed by atoms with Gasteiger partial charge < -0.3 is 25.3 Å². The van der Waals surface area contributed by atoms with Crippen molar-refractivity contribution >= 4 is 18.1 Å². The number of carbonyl (C=O) groups is 1. The lowest BCUT2D eigenvalue weighted by Crippen LogP contribution is -2.34. The van der Waals surface area contributed by atoms with E-state index < -0.39 is 11.7 Å². The fourth-order valence-electron chi connectivity index (χ4n) is 2.48. The number of aromatic amines is 1. The van der Waals surface area contributed by atoms with E-state index in [2.05, 4.69) is 9.98 Å². The summed E-state index contributed by atoms with van der Waals surface area (Å²) in [6.45, 7) is 3.19. The highest BCUT2D eigenvalue weighted by Gasteiger charge is 2.46. The molecule has 3 atom stereocenters. The van der Waals surface area contributed by atoms with Gasteiger partial charge >= 0.3 is 5.97 Å². The van der Waals surface area contributed by atoms with E-state index in [0.717, 1.165) is 6.34 Å². The first kappa shape index (κ1) is 16.2. The molecule has 0 amide bonds. The Morgan fingerprint density at radius 1 is 1.73 bits per heavy atom. The summed E-state index contributed by atoms with van der Waals surface area (Å²) in [4.78, 5) is 17.6. The van der Waals surface area contributed by atoms with Crippen LogP contribution in [0, 0.1) is 5.41 Å². The van der Waals surface area contributed by atoms with Crippen LogP contribution in [0.2, 0.25) is 0 Å². The van der Waals surface area contributed by atoms with Crippen LogP contribution >= 0.6 is 0 Å². The molecule has 1 aliphatic heterocycles. The second-order valence-corrected chi connectivity index (χ2v) is 5.33. The minimum atomic E-state index is -0.950. The third kappa shape index (κ3) is 3.18. The Hall–Kier alpha value is -2.19. The fraction of sp³-hybridized carbons (Fsp3) is 0.500. The summed E-state index contributed by atoms with van der Waals surface area (Å²) < 4.78 is 10.8. The van der Waals surface area contributed by atoms with E-state index in [0.29, 0.717) is 17.8 Å². The largest absolute Gasteiger partial charge is 0.463 e. The van der Waals surface area contributed by atoms with Gasteiger partial charge in [0.25, 0.3) is 0 Å². The van der Waals surface area contributed by atoms with Crippen LogP contribution in [0.25, 0.3) is 0 Å². The number of H-pyrrole nitrogens is 1. The van der Waals surface area contributed by atoms with Crippen LogP contribution in [0.4, 0.5) is 0 Å². The topological polar surface area (TPSA) is 134 Å². The number of aliphatic hydroxyl groups is 1. The summed E-state index contributed by atoms with van der Waals surface area (Å²) in [6, 6.07) is 3.46. The maximum atomic E-state index is 10.9. The minimum absolute atomic E-state index is 0.104. The molecule has 2 heterocycles. The normalized spacial score (nSPS) is 28.6. The predicted molar refractivity (Wildman–Crippen MR) is 79.8 cm³/mol. The zero-order valence-electron chi connectivity index (χ0n) is 12.5. The number of nitrogens with two attached hydrogens (primary N) is 1. The third-order valence-electron chi connectivity index (χ3n) is 3.71. The Kier molecular flexibility index (Phi) is 4.62. The summed E-state index contributed by atoms with van der Waals surface area (Å²) in [6.07, 6.45) is 0.0965. The van der Waals surface area contributed by atoms with Gasteiger partial charge in [0.1, 0.15) is 24.4 Å². The summed E-state index contributed by atoms with van der Waals surface area (Å²) in [5.41, 5.74) is 5.94. The first-order valence-corrected chi connectivity index (χ1v) is 6.88. The molecule has 0 spiro atoms. The molecule has 1 saturated heterocycles. The molecular weight excluding hydrogens is 288 g/mol. The molecule has 0 bridgehead atoms. The van der Waals surface area contributed by atoms with Gasteiger partial charge in [-0.15, -0.1) is 0 Å². The molecule has 0 unspecified atom stereocenters. The Bertz CT molecular complexity index is 597. The highest BCUT2D eigenvalue weighted by atomic mass is 16.6. The SMILES string of the molecule is CC(=O)OC[C@@H]1C[C@@H](O)[C@](C)(c2ccc(C(N)=NC=N)[nH]2)O1. The number of aliphatic hydroxyl groups excluding tert-OH is 1. The second kappa shape index (κ2) is 6.29. The maximum Gasteiger partial charge on any atom is 0.302 e. The molecule has 0 radical (unpaired) electrons. The number of hydrogen-bond donors (Lipinski definition) is 4. The lowest BCUT2D eigenvalue weighted by molar-refractivity contribution is -0.148. The number of carbonyl (C=O) groups excluding carboxylic acids is 1. The van der Waals surface area contributed by atoms with E-state index in [1.165, 1.54) is 6.92 Å². The predicted octanol–water partition coefficient (Wildman–Crippen LogP) is 0.255. The zero-order valence-corrected chi connectivity index (χ0v) is 12.5. The molecule has 2 rings (SSSR count). The van der Waals surface area contributed by atoms with Gasteiger partial charge in [0, 0.05) is 13.3 Å². The molecule has 1 fully saturated rings. The van der Waals surface area contributed by atoms with E-state index in [1.54, 1.807) is 19.1 Å². The quantitative estimate of drug-likeness (QED) is 0.351.